The lowest BCUT2D eigenvalue weighted by Gasteiger charge is -2.31. The molecule has 1 aromatic carbocycles. The largest absolute Gasteiger partial charge is 0.447 e. The monoisotopic (exact) mass is 397 g/mol. The fraction of sp³-hybridized carbons (Fsp3) is 0.294. The van der Waals surface area contributed by atoms with Crippen molar-refractivity contribution >= 4 is 29.2 Å². The number of nitrogens with one attached hydrogen (secondary N) is 1. The number of anilines is 2. The van der Waals surface area contributed by atoms with Crippen LogP contribution in [0.1, 0.15) is 28.7 Å². The standard InChI is InChI=1S/C17H14F3N3O5/c1-8-5-13(28-22-8)16(26)27-9(2)15(25)23-7-14(24)21-11-6-10(17(18,19)20)3-4-12(11)23/h3-6,9H,7H2,1-2H3,(H,21,24). The third kappa shape index (κ3) is 3.82. The molecule has 0 spiro atoms. The molecule has 0 aliphatic carbocycles. The summed E-state index contributed by atoms with van der Waals surface area (Å²) < 4.78 is 48.4. The fourth-order valence-electron chi connectivity index (χ4n) is 2.61. The summed E-state index contributed by atoms with van der Waals surface area (Å²) in [4.78, 5) is 37.5. The number of fused-ring (bicyclic) bond motifs is 1. The molecule has 28 heavy (non-hydrogen) atoms. The van der Waals surface area contributed by atoms with Gasteiger partial charge in [-0.1, -0.05) is 5.16 Å². The Labute approximate surface area is 156 Å². The van der Waals surface area contributed by atoms with Crippen LogP contribution in [-0.2, 0) is 20.5 Å². The Morgan fingerprint density at radius 1 is 1.32 bits per heavy atom. The molecule has 8 nitrogen and oxygen atoms in total. The number of amides is 2. The summed E-state index contributed by atoms with van der Waals surface area (Å²) in [6.45, 7) is 2.44. The van der Waals surface area contributed by atoms with Crippen LogP contribution >= 0.6 is 0 Å². The molecular weight excluding hydrogens is 383 g/mol. The van der Waals surface area contributed by atoms with Crippen LogP contribution in [-0.4, -0.2) is 35.6 Å². The van der Waals surface area contributed by atoms with Crippen LogP contribution in [0.2, 0.25) is 0 Å². The summed E-state index contributed by atoms with van der Waals surface area (Å²) in [5, 5.41) is 5.83. The highest BCUT2D eigenvalue weighted by Gasteiger charge is 2.35. The normalized spacial score (nSPS) is 14.9. The molecule has 0 saturated heterocycles. The molecule has 2 aromatic rings. The maximum absolute atomic E-state index is 12.9. The minimum atomic E-state index is -4.61. The summed E-state index contributed by atoms with van der Waals surface area (Å²) >= 11 is 0. The van der Waals surface area contributed by atoms with Crippen LogP contribution in [0.3, 0.4) is 0 Å². The minimum Gasteiger partial charge on any atom is -0.447 e. The predicted octanol–water partition coefficient (Wildman–Crippen LogP) is 2.53. The van der Waals surface area contributed by atoms with Gasteiger partial charge in [0, 0.05) is 6.07 Å². The zero-order valence-electron chi connectivity index (χ0n) is 14.7. The Morgan fingerprint density at radius 2 is 2.04 bits per heavy atom. The summed E-state index contributed by atoms with van der Waals surface area (Å²) in [6, 6.07) is 3.93. The van der Waals surface area contributed by atoms with E-state index in [1.165, 1.54) is 13.0 Å². The van der Waals surface area contributed by atoms with Crippen LogP contribution in [0.4, 0.5) is 24.5 Å². The Balaban J connectivity index is 1.82. The number of rotatable bonds is 3. The number of nitrogens with zero attached hydrogens (tertiary/aromatic N) is 2. The molecule has 1 N–H and O–H groups in total. The molecule has 1 atom stereocenters. The van der Waals surface area contributed by atoms with Gasteiger partial charge in [-0.3, -0.25) is 14.5 Å². The molecule has 0 saturated carbocycles. The molecule has 1 unspecified atom stereocenters. The highest BCUT2D eigenvalue weighted by molar-refractivity contribution is 6.11. The first kappa shape index (κ1) is 19.4. The lowest BCUT2D eigenvalue weighted by molar-refractivity contribution is -0.137. The SMILES string of the molecule is Cc1cc(C(=O)OC(C)C(=O)N2CC(=O)Nc3cc(C(F)(F)F)ccc32)on1. The molecule has 148 valence electrons. The minimum absolute atomic E-state index is 0.0657. The lowest BCUT2D eigenvalue weighted by atomic mass is 10.1. The average Bonchev–Trinajstić information content (AvgIpc) is 3.05. The lowest BCUT2D eigenvalue weighted by Crippen LogP contribution is -2.47. The highest BCUT2D eigenvalue weighted by Crippen LogP contribution is 2.37. The van der Waals surface area contributed by atoms with Crippen molar-refractivity contribution in [3.63, 3.8) is 0 Å². The number of hydrogen-bond donors (Lipinski definition) is 1. The molecule has 0 fully saturated rings. The van der Waals surface area contributed by atoms with Gasteiger partial charge < -0.3 is 14.6 Å². The summed E-state index contributed by atoms with van der Waals surface area (Å²) in [5.74, 6) is -2.59. The number of carbonyl (C=O) groups is 3. The first-order valence-corrected chi connectivity index (χ1v) is 8.03. The number of ether oxygens (including phenoxy) is 1. The number of halogens is 3. The molecule has 2 heterocycles. The van der Waals surface area contributed by atoms with E-state index in [1.54, 1.807) is 6.92 Å². The van der Waals surface area contributed by atoms with Crippen molar-refractivity contribution in [1.29, 1.82) is 0 Å². The third-order valence-electron chi connectivity index (χ3n) is 3.92. The van der Waals surface area contributed by atoms with E-state index in [0.717, 1.165) is 23.1 Å². The van der Waals surface area contributed by atoms with Crippen LogP contribution in [0.5, 0.6) is 0 Å². The quantitative estimate of drug-likeness (QED) is 0.799. The number of benzene rings is 1. The van der Waals surface area contributed by atoms with Gasteiger partial charge in [-0.25, -0.2) is 4.79 Å². The van der Waals surface area contributed by atoms with Gasteiger partial charge in [0.15, 0.2) is 6.10 Å². The Kier molecular flexibility index (Phi) is 4.84. The first-order valence-electron chi connectivity index (χ1n) is 8.03. The van der Waals surface area contributed by atoms with Crippen LogP contribution < -0.4 is 10.2 Å². The Morgan fingerprint density at radius 3 is 2.64 bits per heavy atom. The van der Waals surface area contributed by atoms with E-state index in [2.05, 4.69) is 10.5 Å². The number of esters is 1. The number of hydrogen-bond acceptors (Lipinski definition) is 6. The van der Waals surface area contributed by atoms with E-state index in [9.17, 15) is 27.6 Å². The van der Waals surface area contributed by atoms with E-state index in [4.69, 9.17) is 9.26 Å². The van der Waals surface area contributed by atoms with Crippen molar-refractivity contribution in [3.8, 4) is 0 Å². The smallest absolute Gasteiger partial charge is 0.416 e. The molecule has 1 aliphatic rings. The predicted molar refractivity (Wildman–Crippen MR) is 88.5 cm³/mol. The second-order valence-electron chi connectivity index (χ2n) is 6.08. The van der Waals surface area contributed by atoms with Crippen molar-refractivity contribution in [2.45, 2.75) is 26.1 Å². The van der Waals surface area contributed by atoms with E-state index in [1.807, 2.05) is 0 Å². The Hall–Kier alpha value is -3.37. The molecule has 11 heteroatoms. The van der Waals surface area contributed by atoms with Crippen molar-refractivity contribution in [3.05, 3.63) is 41.3 Å². The number of aromatic nitrogens is 1. The third-order valence-corrected chi connectivity index (χ3v) is 3.92. The van der Waals surface area contributed by atoms with E-state index < -0.39 is 42.2 Å². The second-order valence-corrected chi connectivity index (χ2v) is 6.08. The van der Waals surface area contributed by atoms with Crippen molar-refractivity contribution in [1.82, 2.24) is 5.16 Å². The van der Waals surface area contributed by atoms with Gasteiger partial charge in [-0.15, -0.1) is 0 Å². The summed E-state index contributed by atoms with van der Waals surface area (Å²) in [7, 11) is 0. The number of carbonyl (C=O) groups excluding carboxylic acids is 3. The van der Waals surface area contributed by atoms with Gasteiger partial charge in [0.25, 0.3) is 5.91 Å². The maximum Gasteiger partial charge on any atom is 0.416 e. The van der Waals surface area contributed by atoms with Gasteiger partial charge in [-0.05, 0) is 32.0 Å². The zero-order chi connectivity index (χ0) is 20.6. The fourth-order valence-corrected chi connectivity index (χ4v) is 2.61. The topological polar surface area (TPSA) is 102 Å². The number of aryl methyl sites for hydroxylation is 1. The highest BCUT2D eigenvalue weighted by atomic mass is 19.4. The van der Waals surface area contributed by atoms with Gasteiger partial charge in [0.05, 0.1) is 22.6 Å². The van der Waals surface area contributed by atoms with Gasteiger partial charge in [-0.2, -0.15) is 13.2 Å². The van der Waals surface area contributed by atoms with Crippen LogP contribution in [0, 0.1) is 6.92 Å². The van der Waals surface area contributed by atoms with E-state index in [0.29, 0.717) is 5.69 Å². The van der Waals surface area contributed by atoms with Gasteiger partial charge >= 0.3 is 12.1 Å². The van der Waals surface area contributed by atoms with Crippen LogP contribution in [0.25, 0.3) is 0 Å². The maximum atomic E-state index is 12.9. The van der Waals surface area contributed by atoms with Crippen molar-refractivity contribution < 1.29 is 36.8 Å². The molecule has 1 aromatic heterocycles. The Bertz CT molecular complexity index is 954. The van der Waals surface area contributed by atoms with Gasteiger partial charge in [0.2, 0.25) is 11.7 Å². The molecule has 0 radical (unpaired) electrons. The van der Waals surface area contributed by atoms with Gasteiger partial charge in [0.1, 0.15) is 6.54 Å². The molecule has 1 aliphatic heterocycles. The summed E-state index contributed by atoms with van der Waals surface area (Å²) in [5.41, 5.74) is -0.631. The average molecular weight is 397 g/mol. The van der Waals surface area contributed by atoms with E-state index >= 15 is 0 Å². The number of alkyl halides is 3. The van der Waals surface area contributed by atoms with E-state index in [-0.39, 0.29) is 17.1 Å². The summed E-state index contributed by atoms with van der Waals surface area (Å²) in [6.07, 6.45) is -5.93. The molecule has 2 amide bonds. The van der Waals surface area contributed by atoms with Crippen molar-refractivity contribution in [2.75, 3.05) is 16.8 Å². The molecule has 3 rings (SSSR count). The van der Waals surface area contributed by atoms with Crippen molar-refractivity contribution in [2.24, 2.45) is 0 Å². The zero-order valence-corrected chi connectivity index (χ0v) is 14.7. The first-order chi connectivity index (χ1) is 13.1. The van der Waals surface area contributed by atoms with Crippen LogP contribution in [0.15, 0.2) is 28.8 Å². The second kappa shape index (κ2) is 6.98. The molecule has 0 bridgehead atoms. The molecular formula is C17H14F3N3O5.